The van der Waals surface area contributed by atoms with Crippen molar-refractivity contribution in [2.24, 2.45) is 0 Å². The Hall–Kier alpha value is -2.33. The summed E-state index contributed by atoms with van der Waals surface area (Å²) in [5.41, 5.74) is 2.96. The van der Waals surface area contributed by atoms with Crippen molar-refractivity contribution in [2.75, 3.05) is 13.1 Å². The number of ether oxygens (including phenoxy) is 1. The van der Waals surface area contributed by atoms with Crippen molar-refractivity contribution in [3.8, 4) is 5.75 Å². The van der Waals surface area contributed by atoms with Gasteiger partial charge in [0.2, 0.25) is 0 Å². The number of aryl methyl sites for hydroxylation is 1. The third kappa shape index (κ3) is 5.70. The molecular formula is C20H26N2O2. The summed E-state index contributed by atoms with van der Waals surface area (Å²) in [6, 6.07) is 15.6. The van der Waals surface area contributed by atoms with Gasteiger partial charge in [0, 0.05) is 30.8 Å². The number of nitrogens with one attached hydrogen (secondary N) is 2. The highest BCUT2D eigenvalue weighted by Crippen LogP contribution is 2.18. The van der Waals surface area contributed by atoms with Crippen LogP contribution in [0.5, 0.6) is 5.75 Å². The third-order valence-corrected chi connectivity index (χ3v) is 3.55. The summed E-state index contributed by atoms with van der Waals surface area (Å²) in [5.74, 6) is 0.865. The normalized spacial score (nSPS) is 10.7. The van der Waals surface area contributed by atoms with Crippen LogP contribution in [0.15, 0.2) is 48.5 Å². The zero-order chi connectivity index (χ0) is 17.4. The third-order valence-electron chi connectivity index (χ3n) is 3.55. The molecule has 24 heavy (non-hydrogen) atoms. The van der Waals surface area contributed by atoms with Crippen LogP contribution in [0.3, 0.4) is 0 Å². The van der Waals surface area contributed by atoms with E-state index in [1.54, 1.807) is 0 Å². The second-order valence-corrected chi connectivity index (χ2v) is 6.07. The van der Waals surface area contributed by atoms with Gasteiger partial charge in [-0.1, -0.05) is 35.9 Å². The van der Waals surface area contributed by atoms with E-state index in [2.05, 4.69) is 16.7 Å². The van der Waals surface area contributed by atoms with Gasteiger partial charge in [0.1, 0.15) is 5.75 Å². The molecule has 0 radical (unpaired) electrons. The maximum absolute atomic E-state index is 12.0. The van der Waals surface area contributed by atoms with E-state index in [4.69, 9.17) is 4.74 Å². The highest BCUT2D eigenvalue weighted by Gasteiger charge is 2.06. The molecule has 2 rings (SSSR count). The van der Waals surface area contributed by atoms with E-state index in [-0.39, 0.29) is 12.0 Å². The van der Waals surface area contributed by atoms with E-state index < -0.39 is 0 Å². The van der Waals surface area contributed by atoms with Crippen LogP contribution in [0.1, 0.15) is 35.3 Å². The number of hydrogen-bond donors (Lipinski definition) is 2. The first kappa shape index (κ1) is 18.0. The predicted octanol–water partition coefficient (Wildman–Crippen LogP) is 3.30. The topological polar surface area (TPSA) is 50.4 Å². The van der Waals surface area contributed by atoms with E-state index in [0.29, 0.717) is 25.2 Å². The maximum Gasteiger partial charge on any atom is 0.251 e. The first-order chi connectivity index (χ1) is 11.6. The van der Waals surface area contributed by atoms with Crippen molar-refractivity contribution < 1.29 is 9.53 Å². The minimum Gasteiger partial charge on any atom is -0.491 e. The maximum atomic E-state index is 12.0. The molecular weight excluding hydrogens is 300 g/mol. The molecule has 1 amide bonds. The molecule has 0 saturated carbocycles. The summed E-state index contributed by atoms with van der Waals surface area (Å²) in [5, 5.41) is 6.26. The second kappa shape index (κ2) is 9.08. The van der Waals surface area contributed by atoms with E-state index in [1.807, 2.05) is 63.2 Å². The standard InChI is InChI=1S/C20H26N2O2/c1-15(2)24-19-7-5-4-6-18(19)14-21-12-13-22-20(23)17-10-8-16(3)9-11-17/h4-11,15,21H,12-14H2,1-3H3,(H,22,23). The van der Waals surface area contributed by atoms with Crippen LogP contribution in [-0.4, -0.2) is 25.1 Å². The van der Waals surface area contributed by atoms with Gasteiger partial charge in [-0.2, -0.15) is 0 Å². The molecule has 2 aromatic rings. The Bertz CT molecular complexity index is 651. The number of rotatable bonds is 8. The van der Waals surface area contributed by atoms with Crippen LogP contribution in [0, 0.1) is 6.92 Å². The Morgan fingerprint density at radius 1 is 1.04 bits per heavy atom. The highest BCUT2D eigenvalue weighted by atomic mass is 16.5. The first-order valence-corrected chi connectivity index (χ1v) is 8.36. The van der Waals surface area contributed by atoms with Crippen molar-refractivity contribution in [1.82, 2.24) is 10.6 Å². The molecule has 0 saturated heterocycles. The smallest absolute Gasteiger partial charge is 0.251 e. The van der Waals surface area contributed by atoms with Crippen molar-refractivity contribution >= 4 is 5.91 Å². The summed E-state index contributed by atoms with van der Waals surface area (Å²) < 4.78 is 5.80. The molecule has 0 bridgehead atoms. The molecule has 2 aromatic carbocycles. The number of carbonyl (C=O) groups excluding carboxylic acids is 1. The average Bonchev–Trinajstić information content (AvgIpc) is 2.56. The second-order valence-electron chi connectivity index (χ2n) is 6.07. The average molecular weight is 326 g/mol. The van der Waals surface area contributed by atoms with Crippen molar-refractivity contribution in [3.63, 3.8) is 0 Å². The molecule has 0 heterocycles. The Labute approximate surface area is 144 Å². The zero-order valence-electron chi connectivity index (χ0n) is 14.6. The number of para-hydroxylation sites is 1. The first-order valence-electron chi connectivity index (χ1n) is 8.36. The van der Waals surface area contributed by atoms with E-state index in [0.717, 1.165) is 16.9 Å². The molecule has 0 unspecified atom stereocenters. The van der Waals surface area contributed by atoms with Gasteiger partial charge in [-0.3, -0.25) is 4.79 Å². The fraction of sp³-hybridized carbons (Fsp3) is 0.350. The molecule has 0 fully saturated rings. The van der Waals surface area contributed by atoms with Crippen LogP contribution >= 0.6 is 0 Å². The summed E-state index contributed by atoms with van der Waals surface area (Å²) in [6.45, 7) is 8.04. The van der Waals surface area contributed by atoms with Crippen molar-refractivity contribution in [2.45, 2.75) is 33.4 Å². The quantitative estimate of drug-likeness (QED) is 0.732. The van der Waals surface area contributed by atoms with Gasteiger partial charge in [-0.05, 0) is 39.0 Å². The van der Waals surface area contributed by atoms with Crippen LogP contribution < -0.4 is 15.4 Å². The highest BCUT2D eigenvalue weighted by molar-refractivity contribution is 5.94. The molecule has 4 heteroatoms. The number of amides is 1. The molecule has 0 atom stereocenters. The van der Waals surface area contributed by atoms with E-state index in [9.17, 15) is 4.79 Å². The van der Waals surface area contributed by atoms with Crippen LogP contribution in [-0.2, 0) is 6.54 Å². The lowest BCUT2D eigenvalue weighted by molar-refractivity contribution is 0.0954. The Morgan fingerprint density at radius 2 is 1.75 bits per heavy atom. The Morgan fingerprint density at radius 3 is 2.46 bits per heavy atom. The van der Waals surface area contributed by atoms with Gasteiger partial charge >= 0.3 is 0 Å². The monoisotopic (exact) mass is 326 g/mol. The molecule has 0 aliphatic rings. The molecule has 4 nitrogen and oxygen atoms in total. The molecule has 0 aromatic heterocycles. The number of benzene rings is 2. The summed E-state index contributed by atoms with van der Waals surface area (Å²) in [7, 11) is 0. The van der Waals surface area contributed by atoms with Crippen LogP contribution in [0.4, 0.5) is 0 Å². The summed E-state index contributed by atoms with van der Waals surface area (Å²) in [4.78, 5) is 12.0. The summed E-state index contributed by atoms with van der Waals surface area (Å²) in [6.07, 6.45) is 0.153. The molecule has 0 spiro atoms. The van der Waals surface area contributed by atoms with Crippen molar-refractivity contribution in [1.29, 1.82) is 0 Å². The zero-order valence-corrected chi connectivity index (χ0v) is 14.6. The predicted molar refractivity (Wildman–Crippen MR) is 97.4 cm³/mol. The van der Waals surface area contributed by atoms with Gasteiger partial charge in [0.15, 0.2) is 0 Å². The largest absolute Gasteiger partial charge is 0.491 e. The minimum absolute atomic E-state index is 0.0414. The molecule has 0 aliphatic carbocycles. The van der Waals surface area contributed by atoms with Gasteiger partial charge < -0.3 is 15.4 Å². The lowest BCUT2D eigenvalue weighted by atomic mass is 10.1. The Kier molecular flexibility index (Phi) is 6.82. The molecule has 0 aliphatic heterocycles. The van der Waals surface area contributed by atoms with Crippen LogP contribution in [0.2, 0.25) is 0 Å². The SMILES string of the molecule is Cc1ccc(C(=O)NCCNCc2ccccc2OC(C)C)cc1. The van der Waals surface area contributed by atoms with Gasteiger partial charge in [0.05, 0.1) is 6.10 Å². The number of hydrogen-bond acceptors (Lipinski definition) is 3. The fourth-order valence-electron chi connectivity index (χ4n) is 2.31. The van der Waals surface area contributed by atoms with E-state index >= 15 is 0 Å². The Balaban J connectivity index is 1.73. The molecule has 128 valence electrons. The lowest BCUT2D eigenvalue weighted by Crippen LogP contribution is -2.31. The fourth-order valence-corrected chi connectivity index (χ4v) is 2.31. The van der Waals surface area contributed by atoms with Gasteiger partial charge in [0.25, 0.3) is 5.91 Å². The van der Waals surface area contributed by atoms with Crippen molar-refractivity contribution in [3.05, 3.63) is 65.2 Å². The molecule has 2 N–H and O–H groups in total. The lowest BCUT2D eigenvalue weighted by Gasteiger charge is -2.14. The number of carbonyl (C=O) groups is 1. The minimum atomic E-state index is -0.0414. The van der Waals surface area contributed by atoms with Crippen LogP contribution in [0.25, 0.3) is 0 Å². The van der Waals surface area contributed by atoms with E-state index in [1.165, 1.54) is 0 Å². The summed E-state index contributed by atoms with van der Waals surface area (Å²) >= 11 is 0. The van der Waals surface area contributed by atoms with Gasteiger partial charge in [-0.25, -0.2) is 0 Å². The van der Waals surface area contributed by atoms with Gasteiger partial charge in [-0.15, -0.1) is 0 Å².